The quantitative estimate of drug-likeness (QED) is 0.184. The third-order valence-electron chi connectivity index (χ3n) is 4.65. The monoisotopic (exact) mass is 568 g/mol. The van der Waals surface area contributed by atoms with E-state index in [1.807, 2.05) is 25.3 Å². The van der Waals surface area contributed by atoms with Crippen molar-refractivity contribution in [3.05, 3.63) is 47.5 Å². The summed E-state index contributed by atoms with van der Waals surface area (Å²) in [5.41, 5.74) is -0.132. The van der Waals surface area contributed by atoms with E-state index in [0.29, 0.717) is 44.4 Å². The molecule has 1 atom stereocenters. The molecule has 0 amide bonds. The van der Waals surface area contributed by atoms with Crippen molar-refractivity contribution in [1.29, 1.82) is 0 Å². The average Bonchev–Trinajstić information content (AvgIpc) is 3.20. The molecule has 0 radical (unpaired) electrons. The largest absolute Gasteiger partial charge is 0.416 e. The minimum absolute atomic E-state index is 0. The van der Waals surface area contributed by atoms with E-state index in [4.69, 9.17) is 4.74 Å². The highest BCUT2D eigenvalue weighted by Crippen LogP contribution is 2.30. The maximum atomic E-state index is 13.0. The third-order valence-corrected chi connectivity index (χ3v) is 4.65. The number of ether oxygens (including phenoxy) is 1. The summed E-state index contributed by atoms with van der Waals surface area (Å²) >= 11 is 0. The number of alkyl halides is 3. The summed E-state index contributed by atoms with van der Waals surface area (Å²) in [5.74, 6) is 1.43. The Kier molecular flexibility index (Phi) is 12.6. The molecule has 1 unspecified atom stereocenters. The molecule has 0 bridgehead atoms. The number of rotatable bonds is 11. The molecule has 0 fully saturated rings. The molecule has 0 aliphatic carbocycles. The molecule has 0 saturated carbocycles. The van der Waals surface area contributed by atoms with E-state index in [1.165, 1.54) is 6.07 Å². The third kappa shape index (κ3) is 9.31. The van der Waals surface area contributed by atoms with Gasteiger partial charge in [-0.2, -0.15) is 13.2 Å². The van der Waals surface area contributed by atoms with Gasteiger partial charge in [0.2, 0.25) is 0 Å². The Hall–Kier alpha value is -1.89. The zero-order valence-corrected chi connectivity index (χ0v) is 21.0. The van der Waals surface area contributed by atoms with Gasteiger partial charge in [-0.15, -0.1) is 34.2 Å². The molecule has 180 valence electrons. The summed E-state index contributed by atoms with van der Waals surface area (Å²) in [7, 11) is 0. The van der Waals surface area contributed by atoms with Crippen molar-refractivity contribution in [1.82, 2.24) is 25.4 Å². The van der Waals surface area contributed by atoms with Crippen LogP contribution in [0, 0.1) is 0 Å². The lowest BCUT2D eigenvalue weighted by molar-refractivity contribution is -0.137. The summed E-state index contributed by atoms with van der Waals surface area (Å²) in [4.78, 5) is 4.55. The topological polar surface area (TPSA) is 76.4 Å². The Labute approximate surface area is 204 Å². The van der Waals surface area contributed by atoms with Gasteiger partial charge >= 0.3 is 6.18 Å². The summed E-state index contributed by atoms with van der Waals surface area (Å²) in [6, 6.07) is 4.96. The van der Waals surface area contributed by atoms with Crippen LogP contribution in [0.5, 0.6) is 0 Å². The molecule has 0 saturated heterocycles. The van der Waals surface area contributed by atoms with E-state index >= 15 is 0 Å². The molecule has 1 aromatic carbocycles. The number of nitrogens with zero attached hydrogens (tertiary/aromatic N) is 4. The lowest BCUT2D eigenvalue weighted by atomic mass is 10.1. The molecule has 0 spiro atoms. The van der Waals surface area contributed by atoms with Crippen molar-refractivity contribution in [3.8, 4) is 0 Å². The van der Waals surface area contributed by atoms with Crippen molar-refractivity contribution < 1.29 is 17.9 Å². The molecule has 7 nitrogen and oxygen atoms in total. The van der Waals surface area contributed by atoms with Crippen molar-refractivity contribution in [2.24, 2.45) is 4.99 Å². The fourth-order valence-corrected chi connectivity index (χ4v) is 2.96. The Morgan fingerprint density at radius 3 is 2.75 bits per heavy atom. The Morgan fingerprint density at radius 1 is 1.28 bits per heavy atom. The van der Waals surface area contributed by atoms with Gasteiger partial charge in [0.05, 0.1) is 11.6 Å². The van der Waals surface area contributed by atoms with Gasteiger partial charge in [0.15, 0.2) is 5.96 Å². The van der Waals surface area contributed by atoms with Gasteiger partial charge in [-0.1, -0.05) is 19.1 Å². The van der Waals surface area contributed by atoms with E-state index in [9.17, 15) is 13.2 Å². The van der Waals surface area contributed by atoms with E-state index < -0.39 is 11.7 Å². The van der Waals surface area contributed by atoms with Crippen LogP contribution in [0.2, 0.25) is 0 Å². The van der Waals surface area contributed by atoms with Gasteiger partial charge in [0.1, 0.15) is 12.2 Å². The van der Waals surface area contributed by atoms with E-state index in [2.05, 4.69) is 25.8 Å². The number of guanidine groups is 1. The SMILES string of the molecule is CCOCCCN=C(NCCn1cnnc1CC)NC(C)c1cccc(C(F)(F)F)c1.I. The minimum Gasteiger partial charge on any atom is -0.382 e. The average molecular weight is 568 g/mol. The second-order valence-electron chi connectivity index (χ2n) is 6.99. The highest BCUT2D eigenvalue weighted by Gasteiger charge is 2.30. The predicted molar refractivity (Wildman–Crippen MR) is 129 cm³/mol. The molecular weight excluding hydrogens is 536 g/mol. The fraction of sp³-hybridized carbons (Fsp3) is 0.571. The molecule has 2 N–H and O–H groups in total. The number of aliphatic imine (C=N–C) groups is 1. The summed E-state index contributed by atoms with van der Waals surface area (Å²) in [6.07, 6.45) is -1.16. The van der Waals surface area contributed by atoms with E-state index in [-0.39, 0.29) is 30.0 Å². The normalized spacial score (nSPS) is 12.9. The first-order valence-electron chi connectivity index (χ1n) is 10.5. The first kappa shape index (κ1) is 28.1. The van der Waals surface area contributed by atoms with Crippen LogP contribution < -0.4 is 10.6 Å². The molecule has 0 aliphatic rings. The summed E-state index contributed by atoms with van der Waals surface area (Å²) in [6.45, 7) is 8.77. The smallest absolute Gasteiger partial charge is 0.382 e. The van der Waals surface area contributed by atoms with Crippen LogP contribution in [0.25, 0.3) is 0 Å². The second-order valence-corrected chi connectivity index (χ2v) is 6.99. The molecule has 32 heavy (non-hydrogen) atoms. The Balaban J connectivity index is 0.00000512. The van der Waals surface area contributed by atoms with Gasteiger partial charge in [-0.05, 0) is 38.0 Å². The molecule has 0 aliphatic heterocycles. The van der Waals surface area contributed by atoms with Crippen molar-refractivity contribution in [3.63, 3.8) is 0 Å². The van der Waals surface area contributed by atoms with Crippen molar-refractivity contribution >= 4 is 29.9 Å². The zero-order chi connectivity index (χ0) is 22.7. The summed E-state index contributed by atoms with van der Waals surface area (Å²) in [5, 5.41) is 14.4. The van der Waals surface area contributed by atoms with Crippen LogP contribution in [0.1, 0.15) is 50.2 Å². The van der Waals surface area contributed by atoms with Crippen molar-refractivity contribution in [2.75, 3.05) is 26.3 Å². The van der Waals surface area contributed by atoms with Gasteiger partial charge < -0.3 is 19.9 Å². The Bertz CT molecular complexity index is 828. The number of aryl methyl sites for hydroxylation is 1. The van der Waals surface area contributed by atoms with Gasteiger partial charge in [-0.25, -0.2) is 0 Å². The van der Waals surface area contributed by atoms with Gasteiger partial charge in [0, 0.05) is 39.3 Å². The van der Waals surface area contributed by atoms with Crippen LogP contribution in [0.3, 0.4) is 0 Å². The van der Waals surface area contributed by atoms with Crippen LogP contribution in [-0.4, -0.2) is 47.0 Å². The highest BCUT2D eigenvalue weighted by atomic mass is 127. The number of nitrogens with one attached hydrogen (secondary N) is 2. The molecule has 1 heterocycles. The van der Waals surface area contributed by atoms with Crippen LogP contribution in [0.4, 0.5) is 13.2 Å². The van der Waals surface area contributed by atoms with E-state index in [0.717, 1.165) is 30.8 Å². The second kappa shape index (κ2) is 14.3. The minimum atomic E-state index is -4.38. The number of halogens is 4. The standard InChI is InChI=1S/C21H31F3N6O.HI/c1-4-19-29-27-15-30(19)12-11-26-20(25-10-7-13-31-5-2)28-16(3)17-8-6-9-18(14-17)21(22,23)24;/h6,8-9,14-16H,4-5,7,10-13H2,1-3H3,(H2,25,26,28);1H. The number of aromatic nitrogens is 3. The molecule has 2 aromatic rings. The Morgan fingerprint density at radius 2 is 2.06 bits per heavy atom. The lowest BCUT2D eigenvalue weighted by Crippen LogP contribution is -2.40. The van der Waals surface area contributed by atoms with Crippen molar-refractivity contribution in [2.45, 2.75) is 52.4 Å². The highest BCUT2D eigenvalue weighted by molar-refractivity contribution is 14.0. The number of hydrogen-bond donors (Lipinski definition) is 2. The zero-order valence-electron chi connectivity index (χ0n) is 18.7. The maximum Gasteiger partial charge on any atom is 0.416 e. The van der Waals surface area contributed by atoms with Crippen LogP contribution in [-0.2, 0) is 23.9 Å². The number of hydrogen-bond acceptors (Lipinski definition) is 4. The van der Waals surface area contributed by atoms with Gasteiger partial charge in [-0.3, -0.25) is 4.99 Å². The molecular formula is C21H32F3IN6O. The number of benzene rings is 1. The fourth-order valence-electron chi connectivity index (χ4n) is 2.96. The first-order chi connectivity index (χ1) is 14.8. The van der Waals surface area contributed by atoms with Crippen LogP contribution >= 0.6 is 24.0 Å². The summed E-state index contributed by atoms with van der Waals surface area (Å²) < 4.78 is 46.4. The lowest BCUT2D eigenvalue weighted by Gasteiger charge is -2.20. The first-order valence-corrected chi connectivity index (χ1v) is 10.5. The predicted octanol–water partition coefficient (Wildman–Crippen LogP) is 4.20. The van der Waals surface area contributed by atoms with Crippen LogP contribution in [0.15, 0.2) is 35.6 Å². The maximum absolute atomic E-state index is 13.0. The molecule has 11 heteroatoms. The molecule has 1 aromatic heterocycles. The molecule has 2 rings (SSSR count). The van der Waals surface area contributed by atoms with Gasteiger partial charge in [0.25, 0.3) is 0 Å². The van der Waals surface area contributed by atoms with E-state index in [1.54, 1.807) is 12.4 Å².